The summed E-state index contributed by atoms with van der Waals surface area (Å²) in [4.78, 5) is 16.5. The molecule has 0 amide bonds. The minimum absolute atomic E-state index is 0.109. The molecule has 0 fully saturated rings. The first-order valence-electron chi connectivity index (χ1n) is 4.29. The zero-order chi connectivity index (χ0) is 11.1. The Morgan fingerprint density at radius 1 is 1.60 bits per heavy atom. The number of nitrogens with zero attached hydrogens (tertiary/aromatic N) is 2. The van der Waals surface area contributed by atoms with Crippen molar-refractivity contribution in [3.8, 4) is 0 Å². The highest BCUT2D eigenvalue weighted by Gasteiger charge is 1.87. The molecular weight excluding hydrogens is 194 g/mol. The summed E-state index contributed by atoms with van der Waals surface area (Å²) < 4.78 is 1.94. The van der Waals surface area contributed by atoms with Gasteiger partial charge in [-0.15, -0.1) is 0 Å². The van der Waals surface area contributed by atoms with E-state index in [1.54, 1.807) is 6.07 Å². The maximum Gasteiger partial charge on any atom is 0.241 e. The van der Waals surface area contributed by atoms with Gasteiger partial charge in [0.1, 0.15) is 12.4 Å². The van der Waals surface area contributed by atoms with Crippen LogP contribution in [0.5, 0.6) is 0 Å². The lowest BCUT2D eigenvalue weighted by Gasteiger charge is -1.97. The molecule has 0 aliphatic heterocycles. The number of carboxylic acids is 1. The number of hydrogen-bond acceptors (Lipinski definition) is 3. The number of rotatable bonds is 1. The second-order valence-corrected chi connectivity index (χ2v) is 2.81. The van der Waals surface area contributed by atoms with Crippen LogP contribution in [0.4, 0.5) is 0 Å². The first-order valence-corrected chi connectivity index (χ1v) is 4.29. The summed E-state index contributed by atoms with van der Waals surface area (Å²) in [5, 5.41) is 10.0. The Balaban J connectivity index is 0.000000162. The van der Waals surface area contributed by atoms with Gasteiger partial charge in [-0.3, -0.25) is 9.97 Å². The van der Waals surface area contributed by atoms with E-state index < -0.39 is 5.97 Å². The van der Waals surface area contributed by atoms with Crippen molar-refractivity contribution in [1.82, 2.24) is 9.97 Å². The van der Waals surface area contributed by atoms with Gasteiger partial charge in [0.15, 0.2) is 0 Å². The zero-order valence-electron chi connectivity index (χ0n) is 8.25. The summed E-state index contributed by atoms with van der Waals surface area (Å²) in [6.07, 6.45) is 8.45. The number of carboxylic acid groups (broad SMARTS) is 1. The molecule has 0 spiro atoms. The number of aromatic carboxylic acids is 1. The maximum absolute atomic E-state index is 10.0. The van der Waals surface area contributed by atoms with E-state index in [-0.39, 0.29) is 5.56 Å². The predicted molar refractivity (Wildman–Crippen MR) is 50.5 cm³/mol. The molecule has 2 rings (SSSR count). The molecule has 2 aromatic heterocycles. The second kappa shape index (κ2) is 5.54. The van der Waals surface area contributed by atoms with E-state index in [1.165, 1.54) is 18.5 Å². The summed E-state index contributed by atoms with van der Waals surface area (Å²) in [6.45, 7) is 0. The van der Waals surface area contributed by atoms with Crippen LogP contribution >= 0.6 is 0 Å². The minimum Gasteiger partial charge on any atom is -0.545 e. The van der Waals surface area contributed by atoms with Gasteiger partial charge in [0, 0.05) is 18.0 Å². The molecule has 0 aromatic carbocycles. The number of H-pyrrole nitrogens is 1. The van der Waals surface area contributed by atoms with E-state index in [4.69, 9.17) is 0 Å². The predicted octanol–water partition coefficient (Wildman–Crippen LogP) is -0.716. The van der Waals surface area contributed by atoms with Crippen LogP contribution in [0.25, 0.3) is 0 Å². The Morgan fingerprint density at radius 3 is 2.67 bits per heavy atom. The molecule has 0 aliphatic rings. The number of aryl methyl sites for hydroxylation is 1. The molecule has 0 aliphatic carbocycles. The fraction of sp³-hybridized carbons (Fsp3) is 0.100. The van der Waals surface area contributed by atoms with Crippen LogP contribution in [0, 0.1) is 0 Å². The van der Waals surface area contributed by atoms with Gasteiger partial charge in [-0.2, -0.15) is 0 Å². The number of carbonyl (C=O) groups is 1. The number of pyridine rings is 1. The quantitative estimate of drug-likeness (QED) is 0.625. The standard InChI is InChI=1S/C6H5NO2.C4H6N2/c8-6(9)5-2-1-3-7-4-5;1-6-3-2-5-4-6/h1-4H,(H,8,9);2-4H,1H3. The minimum atomic E-state index is -1.19. The van der Waals surface area contributed by atoms with Gasteiger partial charge in [0.25, 0.3) is 0 Å². The summed E-state index contributed by atoms with van der Waals surface area (Å²) in [7, 11) is 1.97. The molecule has 1 N–H and O–H groups in total. The van der Waals surface area contributed by atoms with Crippen molar-refractivity contribution in [2.75, 3.05) is 0 Å². The number of imidazole rings is 1. The third kappa shape index (κ3) is 4.04. The highest BCUT2D eigenvalue weighted by molar-refractivity contribution is 5.85. The van der Waals surface area contributed by atoms with E-state index in [1.807, 2.05) is 30.3 Å². The van der Waals surface area contributed by atoms with Gasteiger partial charge in [0.2, 0.25) is 6.33 Å². The smallest absolute Gasteiger partial charge is 0.241 e. The van der Waals surface area contributed by atoms with Crippen LogP contribution < -0.4 is 9.67 Å². The summed E-state index contributed by atoms with van der Waals surface area (Å²) in [5.41, 5.74) is 0.109. The Labute approximate surface area is 87.0 Å². The summed E-state index contributed by atoms with van der Waals surface area (Å²) in [6, 6.07) is 2.98. The van der Waals surface area contributed by atoms with Crippen molar-refractivity contribution in [2.24, 2.45) is 7.05 Å². The van der Waals surface area contributed by atoms with E-state index in [0.29, 0.717) is 0 Å². The normalized spacial score (nSPS) is 8.87. The maximum atomic E-state index is 10.0. The molecule has 0 atom stereocenters. The van der Waals surface area contributed by atoms with Gasteiger partial charge < -0.3 is 9.90 Å². The molecule has 0 saturated heterocycles. The highest BCUT2D eigenvalue weighted by atomic mass is 16.4. The molecule has 78 valence electrons. The summed E-state index contributed by atoms with van der Waals surface area (Å²) >= 11 is 0. The van der Waals surface area contributed by atoms with Crippen molar-refractivity contribution in [2.45, 2.75) is 0 Å². The van der Waals surface area contributed by atoms with Gasteiger partial charge in [-0.1, -0.05) is 6.07 Å². The molecule has 0 radical (unpaired) electrons. The molecule has 0 saturated carbocycles. The van der Waals surface area contributed by atoms with E-state index in [0.717, 1.165) is 0 Å². The zero-order valence-corrected chi connectivity index (χ0v) is 8.25. The van der Waals surface area contributed by atoms with E-state index in [2.05, 4.69) is 9.97 Å². The van der Waals surface area contributed by atoms with Crippen molar-refractivity contribution in [1.29, 1.82) is 0 Å². The number of hydrogen-bond donors (Lipinski definition) is 1. The van der Waals surface area contributed by atoms with Crippen LogP contribution in [0.3, 0.4) is 0 Å². The van der Waals surface area contributed by atoms with Crippen LogP contribution in [-0.4, -0.2) is 15.9 Å². The number of aromatic amines is 1. The fourth-order valence-corrected chi connectivity index (χ4v) is 0.848. The SMILES string of the molecule is C[n+]1cc[nH]c1.O=C([O-])c1cccnc1. The van der Waals surface area contributed by atoms with Crippen LogP contribution in [0.2, 0.25) is 0 Å². The molecule has 15 heavy (non-hydrogen) atoms. The third-order valence-corrected chi connectivity index (χ3v) is 1.58. The molecule has 0 unspecified atom stereocenters. The van der Waals surface area contributed by atoms with Gasteiger partial charge in [-0.25, -0.2) is 4.57 Å². The Bertz CT molecular complexity index is 398. The monoisotopic (exact) mass is 205 g/mol. The average Bonchev–Trinajstić information content (AvgIpc) is 2.71. The van der Waals surface area contributed by atoms with Crippen LogP contribution in [0.15, 0.2) is 43.2 Å². The van der Waals surface area contributed by atoms with E-state index >= 15 is 0 Å². The molecule has 2 heterocycles. The number of nitrogens with one attached hydrogen (secondary N) is 1. The molecule has 2 aromatic rings. The lowest BCUT2D eigenvalue weighted by Crippen LogP contribution is -2.22. The van der Waals surface area contributed by atoms with E-state index in [9.17, 15) is 9.90 Å². The Morgan fingerprint density at radius 2 is 2.40 bits per heavy atom. The Kier molecular flexibility index (Phi) is 4.03. The molecular formula is C10H11N3O2. The second-order valence-electron chi connectivity index (χ2n) is 2.81. The first-order chi connectivity index (χ1) is 7.20. The average molecular weight is 205 g/mol. The Hall–Kier alpha value is -2.17. The van der Waals surface area contributed by atoms with Gasteiger partial charge in [0.05, 0.1) is 13.0 Å². The van der Waals surface area contributed by atoms with Gasteiger partial charge >= 0.3 is 0 Å². The van der Waals surface area contributed by atoms with Crippen molar-refractivity contribution in [3.05, 3.63) is 48.8 Å². The molecule has 0 bridgehead atoms. The first kappa shape index (κ1) is 10.9. The van der Waals surface area contributed by atoms with Crippen molar-refractivity contribution in [3.63, 3.8) is 0 Å². The third-order valence-electron chi connectivity index (χ3n) is 1.58. The molecule has 5 nitrogen and oxygen atoms in total. The largest absolute Gasteiger partial charge is 0.545 e. The molecule has 5 heteroatoms. The number of aromatic nitrogens is 3. The topological polar surface area (TPSA) is 72.7 Å². The van der Waals surface area contributed by atoms with Crippen LogP contribution in [-0.2, 0) is 7.05 Å². The van der Waals surface area contributed by atoms with Crippen molar-refractivity contribution < 1.29 is 14.5 Å². The lowest BCUT2D eigenvalue weighted by molar-refractivity contribution is -0.670. The lowest BCUT2D eigenvalue weighted by atomic mass is 10.3. The number of carbonyl (C=O) groups excluding carboxylic acids is 1. The van der Waals surface area contributed by atoms with Crippen LogP contribution in [0.1, 0.15) is 10.4 Å². The summed E-state index contributed by atoms with van der Waals surface area (Å²) in [5.74, 6) is -1.19. The highest BCUT2D eigenvalue weighted by Crippen LogP contribution is 1.90. The van der Waals surface area contributed by atoms with Crippen molar-refractivity contribution >= 4 is 5.97 Å². The fourth-order valence-electron chi connectivity index (χ4n) is 0.848. The van der Waals surface area contributed by atoms with Gasteiger partial charge in [-0.05, 0) is 6.07 Å².